The number of nitrogens with zero attached hydrogens (tertiary/aromatic N) is 2. The molecule has 2 heterocycles. The highest BCUT2D eigenvalue weighted by Gasteiger charge is 2.30. The van der Waals surface area contributed by atoms with Gasteiger partial charge in [0.25, 0.3) is 5.91 Å². The monoisotopic (exact) mass is 376 g/mol. The number of carbonyl (C=O) groups excluding carboxylic acids is 1. The zero-order valence-electron chi connectivity index (χ0n) is 13.5. The van der Waals surface area contributed by atoms with E-state index < -0.39 is 28.6 Å². The molecule has 10 heteroatoms. The minimum atomic E-state index is -3.68. The molecule has 0 aliphatic carbocycles. The van der Waals surface area contributed by atoms with Crippen LogP contribution in [0.15, 0.2) is 10.8 Å². The summed E-state index contributed by atoms with van der Waals surface area (Å²) >= 11 is 1.45. The van der Waals surface area contributed by atoms with E-state index in [4.69, 9.17) is 9.84 Å². The molecule has 1 aromatic heterocycles. The smallest absolute Gasteiger partial charge is 0.318 e. The SMILES string of the molecule is Cc1cscc1C(=O)N1CCO[C@H](CN(CC(=O)O)S(C)(=O)=O)C1. The molecule has 1 amide bonds. The number of carboxylic acids is 1. The van der Waals surface area contributed by atoms with Crippen molar-refractivity contribution in [3.05, 3.63) is 21.9 Å². The van der Waals surface area contributed by atoms with Crippen molar-refractivity contribution < 1.29 is 27.9 Å². The van der Waals surface area contributed by atoms with Crippen molar-refractivity contribution in [3.63, 3.8) is 0 Å². The second-order valence-electron chi connectivity index (χ2n) is 5.66. The van der Waals surface area contributed by atoms with Crippen LogP contribution in [0.4, 0.5) is 0 Å². The van der Waals surface area contributed by atoms with Gasteiger partial charge in [-0.2, -0.15) is 15.6 Å². The molecule has 0 aromatic carbocycles. The maximum atomic E-state index is 12.5. The average molecular weight is 376 g/mol. The second kappa shape index (κ2) is 7.60. The largest absolute Gasteiger partial charge is 0.480 e. The molecule has 0 unspecified atom stereocenters. The quantitative estimate of drug-likeness (QED) is 0.763. The molecule has 0 saturated carbocycles. The van der Waals surface area contributed by atoms with Crippen molar-refractivity contribution in [2.75, 3.05) is 39.0 Å². The number of sulfonamides is 1. The van der Waals surface area contributed by atoms with Crippen LogP contribution in [0.25, 0.3) is 0 Å². The number of carbonyl (C=O) groups is 2. The number of carboxylic acid groups (broad SMARTS) is 1. The molecule has 0 radical (unpaired) electrons. The Morgan fingerprint density at radius 1 is 1.46 bits per heavy atom. The van der Waals surface area contributed by atoms with Crippen molar-refractivity contribution in [2.45, 2.75) is 13.0 Å². The Balaban J connectivity index is 2.05. The summed E-state index contributed by atoms with van der Waals surface area (Å²) in [4.78, 5) is 25.0. The summed E-state index contributed by atoms with van der Waals surface area (Å²) < 4.78 is 29.8. The van der Waals surface area contributed by atoms with Gasteiger partial charge in [0.2, 0.25) is 10.0 Å². The van der Waals surface area contributed by atoms with Crippen LogP contribution in [0.1, 0.15) is 15.9 Å². The first-order valence-corrected chi connectivity index (χ1v) is 10.1. The topological polar surface area (TPSA) is 104 Å². The molecule has 1 aliphatic heterocycles. The molecule has 24 heavy (non-hydrogen) atoms. The fraction of sp³-hybridized carbons (Fsp3) is 0.571. The van der Waals surface area contributed by atoms with E-state index >= 15 is 0 Å². The van der Waals surface area contributed by atoms with E-state index in [2.05, 4.69) is 0 Å². The number of morpholine rings is 1. The number of amides is 1. The van der Waals surface area contributed by atoms with Gasteiger partial charge in [0.15, 0.2) is 0 Å². The second-order valence-corrected chi connectivity index (χ2v) is 8.39. The van der Waals surface area contributed by atoms with E-state index in [1.54, 1.807) is 10.3 Å². The highest BCUT2D eigenvalue weighted by molar-refractivity contribution is 7.88. The van der Waals surface area contributed by atoms with Crippen molar-refractivity contribution in [2.24, 2.45) is 0 Å². The summed E-state index contributed by atoms with van der Waals surface area (Å²) in [6.07, 6.45) is 0.395. The average Bonchev–Trinajstić information content (AvgIpc) is 2.91. The van der Waals surface area contributed by atoms with Crippen LogP contribution in [-0.2, 0) is 19.6 Å². The molecule has 1 N–H and O–H groups in total. The lowest BCUT2D eigenvalue weighted by Crippen LogP contribution is -2.51. The Kier molecular flexibility index (Phi) is 5.97. The van der Waals surface area contributed by atoms with Crippen molar-refractivity contribution in [1.82, 2.24) is 9.21 Å². The van der Waals surface area contributed by atoms with Crippen LogP contribution >= 0.6 is 11.3 Å². The summed E-state index contributed by atoms with van der Waals surface area (Å²) in [6.45, 7) is 2.06. The first-order chi connectivity index (χ1) is 11.2. The molecule has 0 bridgehead atoms. The molecule has 8 nitrogen and oxygen atoms in total. The van der Waals surface area contributed by atoms with Gasteiger partial charge < -0.3 is 14.7 Å². The highest BCUT2D eigenvalue weighted by Crippen LogP contribution is 2.18. The van der Waals surface area contributed by atoms with Crippen LogP contribution in [-0.4, -0.2) is 79.8 Å². The maximum Gasteiger partial charge on any atom is 0.318 e. The van der Waals surface area contributed by atoms with E-state index in [1.165, 1.54) is 11.3 Å². The normalized spacial score (nSPS) is 18.8. The lowest BCUT2D eigenvalue weighted by molar-refractivity contribution is -0.137. The van der Waals surface area contributed by atoms with Gasteiger partial charge in [0.1, 0.15) is 6.54 Å². The van der Waals surface area contributed by atoms with E-state index in [1.807, 2.05) is 12.3 Å². The Morgan fingerprint density at radius 3 is 2.71 bits per heavy atom. The number of ether oxygens (including phenoxy) is 1. The van der Waals surface area contributed by atoms with Crippen LogP contribution in [0.3, 0.4) is 0 Å². The zero-order valence-corrected chi connectivity index (χ0v) is 15.1. The molecule has 134 valence electrons. The molecule has 1 fully saturated rings. The van der Waals surface area contributed by atoms with Gasteiger partial charge in [-0.05, 0) is 17.9 Å². The summed E-state index contributed by atoms with van der Waals surface area (Å²) in [5.74, 6) is -1.36. The third kappa shape index (κ3) is 4.76. The first kappa shape index (κ1) is 18.8. The van der Waals surface area contributed by atoms with Gasteiger partial charge in [-0.1, -0.05) is 0 Å². The third-order valence-electron chi connectivity index (χ3n) is 3.70. The number of aliphatic carboxylic acids is 1. The van der Waals surface area contributed by atoms with E-state index in [9.17, 15) is 18.0 Å². The summed E-state index contributed by atoms with van der Waals surface area (Å²) in [5, 5.41) is 12.5. The van der Waals surface area contributed by atoms with E-state index in [-0.39, 0.29) is 25.6 Å². The number of rotatable bonds is 6. The Labute approximate surface area is 144 Å². The zero-order chi connectivity index (χ0) is 17.9. The Morgan fingerprint density at radius 2 is 2.17 bits per heavy atom. The molecule has 1 atom stereocenters. The predicted octanol–water partition coefficient (Wildman–Crippen LogP) is 0.244. The molecule has 0 spiro atoms. The minimum absolute atomic E-state index is 0.0997. The Hall–Kier alpha value is -1.49. The molecular weight excluding hydrogens is 356 g/mol. The van der Waals surface area contributed by atoms with E-state index in [0.29, 0.717) is 12.1 Å². The number of aryl methyl sites for hydroxylation is 1. The van der Waals surface area contributed by atoms with Gasteiger partial charge in [-0.25, -0.2) is 8.42 Å². The molecular formula is C14H20N2O6S2. The lowest BCUT2D eigenvalue weighted by Gasteiger charge is -2.34. The van der Waals surface area contributed by atoms with Crippen molar-refractivity contribution >= 4 is 33.2 Å². The molecule has 1 aliphatic rings. The summed E-state index contributed by atoms with van der Waals surface area (Å²) in [7, 11) is -3.68. The van der Waals surface area contributed by atoms with Crippen LogP contribution < -0.4 is 0 Å². The van der Waals surface area contributed by atoms with Gasteiger partial charge >= 0.3 is 5.97 Å². The predicted molar refractivity (Wildman–Crippen MR) is 88.8 cm³/mol. The van der Waals surface area contributed by atoms with Crippen LogP contribution in [0, 0.1) is 6.92 Å². The minimum Gasteiger partial charge on any atom is -0.480 e. The standard InChI is InChI=1S/C14H20N2O6S2/c1-10-8-23-9-12(10)14(19)15-3-4-22-11(5-15)6-16(7-13(17)18)24(2,20)21/h8-9,11H,3-7H2,1-2H3,(H,17,18)/t11-/m0/s1. The van der Waals surface area contributed by atoms with Gasteiger partial charge in [0.05, 0.1) is 24.5 Å². The first-order valence-electron chi connectivity index (χ1n) is 7.29. The fourth-order valence-corrected chi connectivity index (χ4v) is 4.06. The Bertz CT molecular complexity index is 715. The lowest BCUT2D eigenvalue weighted by atomic mass is 10.1. The number of hydrogen-bond acceptors (Lipinski definition) is 6. The van der Waals surface area contributed by atoms with Gasteiger partial charge in [-0.15, -0.1) is 0 Å². The number of hydrogen-bond donors (Lipinski definition) is 1. The number of thiophene rings is 1. The van der Waals surface area contributed by atoms with Crippen LogP contribution in [0.2, 0.25) is 0 Å². The maximum absolute atomic E-state index is 12.5. The fourth-order valence-electron chi connectivity index (χ4n) is 2.46. The van der Waals surface area contributed by atoms with Gasteiger partial charge in [-0.3, -0.25) is 9.59 Å². The molecule has 2 rings (SSSR count). The van der Waals surface area contributed by atoms with Crippen molar-refractivity contribution in [3.8, 4) is 0 Å². The third-order valence-corrected chi connectivity index (χ3v) is 5.78. The van der Waals surface area contributed by atoms with E-state index in [0.717, 1.165) is 16.1 Å². The van der Waals surface area contributed by atoms with Crippen molar-refractivity contribution in [1.29, 1.82) is 0 Å². The summed E-state index contributed by atoms with van der Waals surface area (Å²) in [5.41, 5.74) is 1.53. The van der Waals surface area contributed by atoms with Gasteiger partial charge in [0, 0.05) is 25.0 Å². The van der Waals surface area contributed by atoms with Crippen LogP contribution in [0.5, 0.6) is 0 Å². The highest BCUT2D eigenvalue weighted by atomic mass is 32.2. The molecule has 1 aromatic rings. The summed E-state index contributed by atoms with van der Waals surface area (Å²) in [6, 6.07) is 0. The molecule has 1 saturated heterocycles.